The molecule has 0 fully saturated rings. The minimum atomic E-state index is -1.11. The van der Waals surface area contributed by atoms with E-state index in [4.69, 9.17) is 0 Å². The smallest absolute Gasteiger partial charge is 0.165 e. The van der Waals surface area contributed by atoms with Crippen molar-refractivity contribution in [2.45, 2.75) is 26.4 Å². The lowest BCUT2D eigenvalue weighted by molar-refractivity contribution is 0.118. The summed E-state index contributed by atoms with van der Waals surface area (Å²) in [6, 6.07) is 1.79. The van der Waals surface area contributed by atoms with E-state index in [1.165, 1.54) is 11.5 Å². The maximum absolute atomic E-state index is 9.89. The molecular weight excluding hydrogens is 182 g/mol. The normalized spacial score (nSPS) is 14.8. The van der Waals surface area contributed by atoms with Gasteiger partial charge in [0.05, 0.1) is 5.69 Å². The third-order valence-corrected chi connectivity index (χ3v) is 2.10. The van der Waals surface area contributed by atoms with Crippen molar-refractivity contribution in [2.75, 3.05) is 0 Å². The van der Waals surface area contributed by atoms with Crippen molar-refractivity contribution in [3.05, 3.63) is 17.1 Å². The molecule has 1 aromatic heterocycles. The summed E-state index contributed by atoms with van der Waals surface area (Å²) in [5, 5.41) is 11.7. The molecule has 0 aliphatic carbocycles. The van der Waals surface area contributed by atoms with Crippen molar-refractivity contribution in [3.63, 3.8) is 0 Å². The molecule has 1 unspecified atom stereocenters. The molecule has 1 rings (SSSR count). The van der Waals surface area contributed by atoms with Crippen molar-refractivity contribution in [3.8, 4) is 11.8 Å². The van der Waals surface area contributed by atoms with Crippen LogP contribution < -0.4 is 0 Å². The van der Waals surface area contributed by atoms with Crippen LogP contribution in [-0.2, 0) is 5.60 Å². The quantitative estimate of drug-likeness (QED) is 0.695. The highest BCUT2D eigenvalue weighted by atomic mass is 32.1. The van der Waals surface area contributed by atoms with Gasteiger partial charge >= 0.3 is 0 Å². The SMILES string of the molecule is CC(C)C#CC(C)(O)c1ccsn1. The van der Waals surface area contributed by atoms with E-state index in [1.807, 2.05) is 19.2 Å². The second-order valence-corrected chi connectivity index (χ2v) is 4.05. The number of hydrogen-bond acceptors (Lipinski definition) is 3. The lowest BCUT2D eigenvalue weighted by Gasteiger charge is -2.12. The second kappa shape index (κ2) is 3.91. The lowest BCUT2D eigenvalue weighted by Crippen LogP contribution is -2.18. The molecule has 0 aliphatic rings. The van der Waals surface area contributed by atoms with Crippen LogP contribution >= 0.6 is 11.5 Å². The fourth-order valence-corrected chi connectivity index (χ4v) is 1.42. The van der Waals surface area contributed by atoms with Gasteiger partial charge in [-0.15, -0.1) is 0 Å². The average Bonchev–Trinajstić information content (AvgIpc) is 2.53. The third-order valence-electron chi connectivity index (χ3n) is 1.54. The van der Waals surface area contributed by atoms with Crippen LogP contribution in [0.1, 0.15) is 26.5 Å². The van der Waals surface area contributed by atoms with Crippen molar-refractivity contribution in [1.82, 2.24) is 4.37 Å². The van der Waals surface area contributed by atoms with Crippen LogP contribution in [0.2, 0.25) is 0 Å². The van der Waals surface area contributed by atoms with Crippen molar-refractivity contribution in [2.24, 2.45) is 5.92 Å². The zero-order valence-corrected chi connectivity index (χ0v) is 8.85. The minimum Gasteiger partial charge on any atom is -0.372 e. The van der Waals surface area contributed by atoms with Gasteiger partial charge in [-0.1, -0.05) is 25.7 Å². The molecule has 1 aromatic rings. The molecule has 70 valence electrons. The van der Waals surface area contributed by atoms with Crippen LogP contribution in [-0.4, -0.2) is 9.48 Å². The minimum absolute atomic E-state index is 0.269. The van der Waals surface area contributed by atoms with Gasteiger partial charge in [-0.2, -0.15) is 4.37 Å². The number of aromatic nitrogens is 1. The fourth-order valence-electron chi connectivity index (χ4n) is 0.813. The van der Waals surface area contributed by atoms with Crippen LogP contribution in [0.5, 0.6) is 0 Å². The molecule has 0 amide bonds. The molecular formula is C10H13NOS. The van der Waals surface area contributed by atoms with E-state index >= 15 is 0 Å². The molecule has 1 heterocycles. The van der Waals surface area contributed by atoms with Crippen molar-refractivity contribution < 1.29 is 5.11 Å². The van der Waals surface area contributed by atoms with Crippen molar-refractivity contribution in [1.29, 1.82) is 0 Å². The molecule has 0 bridgehead atoms. The Morgan fingerprint density at radius 3 is 2.77 bits per heavy atom. The van der Waals surface area contributed by atoms with Gasteiger partial charge in [-0.05, 0) is 24.5 Å². The highest BCUT2D eigenvalue weighted by Gasteiger charge is 2.21. The first-order valence-electron chi connectivity index (χ1n) is 4.18. The third kappa shape index (κ3) is 2.83. The Balaban J connectivity index is 2.86. The predicted molar refractivity (Wildman–Crippen MR) is 54.3 cm³/mol. The molecule has 3 heteroatoms. The Morgan fingerprint density at radius 2 is 2.31 bits per heavy atom. The summed E-state index contributed by atoms with van der Waals surface area (Å²) in [4.78, 5) is 0. The van der Waals surface area contributed by atoms with Gasteiger partial charge in [0, 0.05) is 11.3 Å². The predicted octanol–water partition coefficient (Wildman–Crippen LogP) is 2.01. The number of hydrogen-bond donors (Lipinski definition) is 1. The van der Waals surface area contributed by atoms with Gasteiger partial charge in [0.25, 0.3) is 0 Å². The van der Waals surface area contributed by atoms with E-state index in [0.717, 1.165) is 0 Å². The average molecular weight is 195 g/mol. The first-order valence-corrected chi connectivity index (χ1v) is 5.02. The van der Waals surface area contributed by atoms with E-state index in [1.54, 1.807) is 13.0 Å². The molecule has 0 saturated carbocycles. The number of rotatable bonds is 1. The summed E-state index contributed by atoms with van der Waals surface area (Å²) in [6.45, 7) is 5.64. The lowest BCUT2D eigenvalue weighted by atomic mass is 10.0. The molecule has 0 spiro atoms. The molecule has 1 atom stereocenters. The maximum Gasteiger partial charge on any atom is 0.165 e. The summed E-state index contributed by atoms with van der Waals surface area (Å²) in [5.74, 6) is 6.02. The van der Waals surface area contributed by atoms with Gasteiger partial charge in [-0.3, -0.25) is 0 Å². The van der Waals surface area contributed by atoms with Gasteiger partial charge in [-0.25, -0.2) is 0 Å². The van der Waals surface area contributed by atoms with E-state index in [2.05, 4.69) is 16.2 Å². The van der Waals surface area contributed by atoms with Gasteiger partial charge < -0.3 is 5.11 Å². The molecule has 2 nitrogen and oxygen atoms in total. The first-order chi connectivity index (χ1) is 6.02. The summed E-state index contributed by atoms with van der Waals surface area (Å²) < 4.78 is 4.06. The molecule has 0 radical (unpaired) electrons. The Bertz CT molecular complexity index is 316. The molecule has 0 aromatic carbocycles. The Labute approximate surface area is 82.8 Å². The van der Waals surface area contributed by atoms with Crippen molar-refractivity contribution >= 4 is 11.5 Å². The van der Waals surface area contributed by atoms with Crippen LogP contribution in [0.3, 0.4) is 0 Å². The Hall–Kier alpha value is -0.850. The first kappa shape index (κ1) is 10.2. The highest BCUT2D eigenvalue weighted by molar-refractivity contribution is 7.03. The van der Waals surface area contributed by atoms with E-state index in [-0.39, 0.29) is 5.92 Å². The zero-order valence-electron chi connectivity index (χ0n) is 8.03. The summed E-state index contributed by atoms with van der Waals surface area (Å²) in [7, 11) is 0. The molecule has 0 aliphatic heterocycles. The van der Waals surface area contributed by atoms with Crippen LogP contribution in [0.15, 0.2) is 11.4 Å². The van der Waals surface area contributed by atoms with Crippen LogP contribution in [0, 0.1) is 17.8 Å². The summed E-state index contributed by atoms with van der Waals surface area (Å²) >= 11 is 1.32. The molecule has 13 heavy (non-hydrogen) atoms. The van der Waals surface area contributed by atoms with Gasteiger partial charge in [0.15, 0.2) is 5.60 Å². The molecule has 0 saturated heterocycles. The Morgan fingerprint density at radius 1 is 1.62 bits per heavy atom. The Kier molecular flexibility index (Phi) is 3.07. The van der Waals surface area contributed by atoms with Crippen LogP contribution in [0.4, 0.5) is 0 Å². The van der Waals surface area contributed by atoms with E-state index in [0.29, 0.717) is 5.69 Å². The fraction of sp³-hybridized carbons (Fsp3) is 0.500. The summed E-state index contributed by atoms with van der Waals surface area (Å²) in [5.41, 5.74) is -0.477. The monoisotopic (exact) mass is 195 g/mol. The largest absolute Gasteiger partial charge is 0.372 e. The topological polar surface area (TPSA) is 33.1 Å². The standard InChI is InChI=1S/C10H13NOS/c1-8(2)4-6-10(3,12)9-5-7-13-11-9/h5,7-8,12H,1-3H3. The second-order valence-electron chi connectivity index (χ2n) is 3.38. The van der Waals surface area contributed by atoms with Gasteiger partial charge in [0.2, 0.25) is 0 Å². The maximum atomic E-state index is 9.89. The van der Waals surface area contributed by atoms with E-state index < -0.39 is 5.60 Å². The zero-order chi connectivity index (χ0) is 9.90. The van der Waals surface area contributed by atoms with E-state index in [9.17, 15) is 5.11 Å². The highest BCUT2D eigenvalue weighted by Crippen LogP contribution is 2.18. The number of nitrogens with zero attached hydrogens (tertiary/aromatic N) is 1. The molecule has 1 N–H and O–H groups in total. The van der Waals surface area contributed by atoms with Gasteiger partial charge in [0.1, 0.15) is 0 Å². The number of aliphatic hydroxyl groups is 1. The summed E-state index contributed by atoms with van der Waals surface area (Å²) in [6.07, 6.45) is 0. The van der Waals surface area contributed by atoms with Crippen LogP contribution in [0.25, 0.3) is 0 Å².